The molecule has 0 bridgehead atoms. The van der Waals surface area contributed by atoms with Gasteiger partial charge in [0.15, 0.2) is 0 Å². The van der Waals surface area contributed by atoms with Crippen molar-refractivity contribution in [1.82, 2.24) is 19.7 Å². The Morgan fingerprint density at radius 2 is 1.95 bits per heavy atom. The van der Waals surface area contributed by atoms with E-state index in [1.807, 2.05) is 29.1 Å². The summed E-state index contributed by atoms with van der Waals surface area (Å²) in [6, 6.07) is 5.84. The van der Waals surface area contributed by atoms with Crippen LogP contribution in [0.15, 0.2) is 30.6 Å². The monoisotopic (exact) mass is 268 g/mol. The second-order valence-electron chi connectivity index (χ2n) is 4.97. The molecule has 0 aliphatic carbocycles. The molecule has 6 nitrogen and oxygen atoms in total. The van der Waals surface area contributed by atoms with Crippen molar-refractivity contribution in [3.63, 3.8) is 0 Å². The Balaban J connectivity index is 2.29. The van der Waals surface area contributed by atoms with E-state index in [4.69, 9.17) is 11.5 Å². The predicted octanol–water partition coefficient (Wildman–Crippen LogP) is 2.24. The Bertz CT molecular complexity index is 774. The number of anilines is 2. The van der Waals surface area contributed by atoms with Gasteiger partial charge >= 0.3 is 0 Å². The summed E-state index contributed by atoms with van der Waals surface area (Å²) in [4.78, 5) is 8.56. The van der Waals surface area contributed by atoms with Gasteiger partial charge in [-0.2, -0.15) is 5.10 Å². The molecule has 0 saturated heterocycles. The van der Waals surface area contributed by atoms with E-state index in [-0.39, 0.29) is 12.0 Å². The maximum atomic E-state index is 6.06. The number of fused-ring (bicyclic) bond motifs is 1. The fourth-order valence-electron chi connectivity index (χ4n) is 2.18. The van der Waals surface area contributed by atoms with Crippen LogP contribution in [0.3, 0.4) is 0 Å². The van der Waals surface area contributed by atoms with E-state index in [0.717, 1.165) is 22.2 Å². The van der Waals surface area contributed by atoms with Crippen molar-refractivity contribution in [1.29, 1.82) is 0 Å². The molecular formula is C14H16N6. The summed E-state index contributed by atoms with van der Waals surface area (Å²) >= 11 is 0. The zero-order valence-electron chi connectivity index (χ0n) is 11.4. The summed E-state index contributed by atoms with van der Waals surface area (Å²) in [5.41, 5.74) is 14.8. The summed E-state index contributed by atoms with van der Waals surface area (Å²) in [5, 5.41) is 5.14. The van der Waals surface area contributed by atoms with Crippen LogP contribution in [0.4, 0.5) is 11.6 Å². The first kappa shape index (κ1) is 12.4. The van der Waals surface area contributed by atoms with Gasteiger partial charge in [-0.1, -0.05) is 6.07 Å². The van der Waals surface area contributed by atoms with Crippen molar-refractivity contribution in [2.24, 2.45) is 0 Å². The summed E-state index contributed by atoms with van der Waals surface area (Å²) < 4.78 is 1.87. The number of hydrogen-bond donors (Lipinski definition) is 2. The van der Waals surface area contributed by atoms with Crippen LogP contribution >= 0.6 is 0 Å². The molecule has 2 heterocycles. The maximum absolute atomic E-state index is 6.06. The number of rotatable bonds is 2. The van der Waals surface area contributed by atoms with Gasteiger partial charge in [-0.15, -0.1) is 0 Å². The van der Waals surface area contributed by atoms with Gasteiger partial charge in [0.25, 0.3) is 0 Å². The fraction of sp³-hybridized carbons (Fsp3) is 0.214. The van der Waals surface area contributed by atoms with Crippen molar-refractivity contribution in [3.8, 4) is 11.3 Å². The summed E-state index contributed by atoms with van der Waals surface area (Å²) in [6.45, 7) is 4.13. The highest BCUT2D eigenvalue weighted by atomic mass is 15.3. The topological polar surface area (TPSA) is 95.6 Å². The molecule has 2 aromatic heterocycles. The van der Waals surface area contributed by atoms with Gasteiger partial charge in [-0.25, -0.2) is 9.97 Å². The Labute approximate surface area is 116 Å². The highest BCUT2D eigenvalue weighted by Crippen LogP contribution is 2.30. The van der Waals surface area contributed by atoms with E-state index >= 15 is 0 Å². The van der Waals surface area contributed by atoms with Crippen molar-refractivity contribution in [2.45, 2.75) is 19.9 Å². The van der Waals surface area contributed by atoms with Crippen LogP contribution in [-0.4, -0.2) is 19.7 Å². The zero-order valence-corrected chi connectivity index (χ0v) is 11.4. The van der Waals surface area contributed by atoms with Gasteiger partial charge in [0, 0.05) is 28.9 Å². The van der Waals surface area contributed by atoms with Crippen molar-refractivity contribution in [2.75, 3.05) is 11.5 Å². The van der Waals surface area contributed by atoms with E-state index in [1.54, 1.807) is 6.20 Å². The third-order valence-electron chi connectivity index (χ3n) is 3.18. The third kappa shape index (κ3) is 1.95. The van der Waals surface area contributed by atoms with Crippen LogP contribution in [0.2, 0.25) is 0 Å². The number of nitrogens with two attached hydrogens (primary N) is 2. The number of nitrogens with zero attached hydrogens (tertiary/aromatic N) is 4. The highest BCUT2D eigenvalue weighted by Gasteiger charge is 2.13. The van der Waals surface area contributed by atoms with Crippen LogP contribution in [0, 0.1) is 0 Å². The first-order valence-corrected chi connectivity index (χ1v) is 6.42. The van der Waals surface area contributed by atoms with E-state index in [9.17, 15) is 0 Å². The minimum atomic E-state index is 0.232. The van der Waals surface area contributed by atoms with E-state index in [2.05, 4.69) is 28.9 Å². The smallest absolute Gasteiger partial charge is 0.221 e. The fourth-order valence-corrected chi connectivity index (χ4v) is 2.18. The molecule has 0 fully saturated rings. The lowest BCUT2D eigenvalue weighted by Gasteiger charge is -2.07. The zero-order chi connectivity index (χ0) is 14.3. The maximum Gasteiger partial charge on any atom is 0.221 e. The second-order valence-corrected chi connectivity index (χ2v) is 4.97. The normalized spacial score (nSPS) is 11.3. The summed E-state index contributed by atoms with van der Waals surface area (Å²) in [7, 11) is 0. The Morgan fingerprint density at radius 3 is 2.65 bits per heavy atom. The van der Waals surface area contributed by atoms with Gasteiger partial charge in [0.05, 0.1) is 17.4 Å². The summed E-state index contributed by atoms with van der Waals surface area (Å²) in [5.74, 6) is 0.232. The van der Waals surface area contributed by atoms with Crippen LogP contribution in [-0.2, 0) is 0 Å². The molecule has 0 spiro atoms. The van der Waals surface area contributed by atoms with Gasteiger partial charge < -0.3 is 11.5 Å². The molecule has 4 N–H and O–H groups in total. The molecule has 0 saturated carbocycles. The lowest BCUT2D eigenvalue weighted by Crippen LogP contribution is -2.01. The lowest BCUT2D eigenvalue weighted by atomic mass is 10.1. The lowest BCUT2D eigenvalue weighted by molar-refractivity contribution is 0.532. The second kappa shape index (κ2) is 4.48. The highest BCUT2D eigenvalue weighted by molar-refractivity contribution is 6.01. The minimum Gasteiger partial charge on any atom is -0.398 e. The van der Waals surface area contributed by atoms with E-state index in [0.29, 0.717) is 5.69 Å². The van der Waals surface area contributed by atoms with Crippen LogP contribution in [0.5, 0.6) is 0 Å². The predicted molar refractivity (Wildman–Crippen MR) is 80.0 cm³/mol. The molecule has 6 heteroatoms. The number of benzene rings is 1. The average molecular weight is 268 g/mol. The van der Waals surface area contributed by atoms with Crippen molar-refractivity contribution in [3.05, 3.63) is 30.6 Å². The first-order valence-electron chi connectivity index (χ1n) is 6.42. The van der Waals surface area contributed by atoms with Crippen LogP contribution < -0.4 is 11.5 Å². The number of aromatic nitrogens is 4. The van der Waals surface area contributed by atoms with E-state index in [1.165, 1.54) is 0 Å². The molecule has 102 valence electrons. The average Bonchev–Trinajstić information content (AvgIpc) is 2.87. The minimum absolute atomic E-state index is 0.232. The molecule has 0 amide bonds. The standard InChI is InChI=1S/C14H16N6/c1-8(2)20-7-9(6-17-20)13-12-10(15)4-3-5-11(12)18-14(16)19-13/h3-8H,15H2,1-2H3,(H2,16,18,19). The molecule has 0 aliphatic heterocycles. The quantitative estimate of drug-likeness (QED) is 0.695. The van der Waals surface area contributed by atoms with Crippen LogP contribution in [0.1, 0.15) is 19.9 Å². The van der Waals surface area contributed by atoms with Crippen molar-refractivity contribution >= 4 is 22.5 Å². The number of nitrogen functional groups attached to an aromatic ring is 2. The molecule has 1 aromatic carbocycles. The van der Waals surface area contributed by atoms with Gasteiger partial charge in [0.2, 0.25) is 5.95 Å². The molecule has 3 aromatic rings. The summed E-state index contributed by atoms with van der Waals surface area (Å²) in [6.07, 6.45) is 3.71. The molecule has 0 unspecified atom stereocenters. The van der Waals surface area contributed by atoms with Gasteiger partial charge in [0.1, 0.15) is 0 Å². The Kier molecular flexibility index (Phi) is 2.78. The van der Waals surface area contributed by atoms with Crippen LogP contribution in [0.25, 0.3) is 22.2 Å². The Hall–Kier alpha value is -2.63. The first-order chi connectivity index (χ1) is 9.56. The molecule has 20 heavy (non-hydrogen) atoms. The van der Waals surface area contributed by atoms with Gasteiger partial charge in [-0.3, -0.25) is 4.68 Å². The Morgan fingerprint density at radius 1 is 1.15 bits per heavy atom. The SMILES string of the molecule is CC(C)n1cc(-c2nc(N)nc3cccc(N)c23)cn1. The van der Waals surface area contributed by atoms with E-state index < -0.39 is 0 Å². The number of hydrogen-bond acceptors (Lipinski definition) is 5. The van der Waals surface area contributed by atoms with Gasteiger partial charge in [-0.05, 0) is 26.0 Å². The molecule has 3 rings (SSSR count). The molecule has 0 aliphatic rings. The van der Waals surface area contributed by atoms with Crippen molar-refractivity contribution < 1.29 is 0 Å². The largest absolute Gasteiger partial charge is 0.398 e. The molecule has 0 radical (unpaired) electrons. The third-order valence-corrected chi connectivity index (χ3v) is 3.18. The molecular weight excluding hydrogens is 252 g/mol. The molecule has 0 atom stereocenters.